The number of carbonyl (C=O) groups excluding carboxylic acids is 1. The molecule has 1 aromatic rings. The van der Waals surface area contributed by atoms with Crippen LogP contribution in [0.25, 0.3) is 6.08 Å². The third-order valence-electron chi connectivity index (χ3n) is 3.16. The van der Waals surface area contributed by atoms with E-state index in [2.05, 4.69) is 19.2 Å². The Hall–Kier alpha value is -1.97. The lowest BCUT2D eigenvalue weighted by atomic mass is 10.1. The van der Waals surface area contributed by atoms with Gasteiger partial charge in [-0.3, -0.25) is 4.79 Å². The van der Waals surface area contributed by atoms with E-state index in [1.165, 1.54) is 0 Å². The van der Waals surface area contributed by atoms with E-state index in [4.69, 9.17) is 9.47 Å². The molecule has 1 aliphatic rings. The fourth-order valence-electron chi connectivity index (χ4n) is 1.93. The van der Waals surface area contributed by atoms with Crippen LogP contribution in [-0.2, 0) is 4.79 Å². The molecule has 0 fully saturated rings. The van der Waals surface area contributed by atoms with Crippen LogP contribution in [0, 0.1) is 0 Å². The van der Waals surface area contributed by atoms with Crippen LogP contribution in [0.2, 0.25) is 0 Å². The molecule has 0 atom stereocenters. The maximum Gasteiger partial charge on any atom is 0.244 e. The highest BCUT2D eigenvalue weighted by atomic mass is 16.7. The van der Waals surface area contributed by atoms with Gasteiger partial charge in [-0.2, -0.15) is 0 Å². The molecule has 1 amide bonds. The van der Waals surface area contributed by atoms with Crippen LogP contribution in [-0.4, -0.2) is 18.7 Å². The standard InChI is InChI=1S/C15H19NO3/c1-3-12(4-2)16-15(17)8-6-11-5-7-13-14(9-11)19-10-18-13/h5-9,12H,3-4,10H2,1-2H3,(H,16,17). The van der Waals surface area contributed by atoms with Gasteiger partial charge in [-0.05, 0) is 36.6 Å². The molecule has 0 bridgehead atoms. The topological polar surface area (TPSA) is 47.6 Å². The molecular weight excluding hydrogens is 242 g/mol. The fraction of sp³-hybridized carbons (Fsp3) is 0.400. The summed E-state index contributed by atoms with van der Waals surface area (Å²) in [5.74, 6) is 1.41. The highest BCUT2D eigenvalue weighted by molar-refractivity contribution is 5.92. The van der Waals surface area contributed by atoms with E-state index in [0.29, 0.717) is 0 Å². The van der Waals surface area contributed by atoms with Crippen LogP contribution in [0.5, 0.6) is 11.5 Å². The molecular formula is C15H19NO3. The van der Waals surface area contributed by atoms with Crippen LogP contribution in [0.3, 0.4) is 0 Å². The molecule has 102 valence electrons. The Bertz CT molecular complexity index is 478. The van der Waals surface area contributed by atoms with Gasteiger partial charge in [-0.1, -0.05) is 19.9 Å². The van der Waals surface area contributed by atoms with Crippen molar-refractivity contribution in [3.05, 3.63) is 29.8 Å². The molecule has 19 heavy (non-hydrogen) atoms. The summed E-state index contributed by atoms with van der Waals surface area (Å²) >= 11 is 0. The van der Waals surface area contributed by atoms with Gasteiger partial charge in [0.1, 0.15) is 0 Å². The number of nitrogens with one attached hydrogen (secondary N) is 1. The Morgan fingerprint density at radius 3 is 2.79 bits per heavy atom. The molecule has 0 unspecified atom stereocenters. The molecule has 0 spiro atoms. The number of amides is 1. The maximum atomic E-state index is 11.7. The van der Waals surface area contributed by atoms with Crippen LogP contribution in [0.4, 0.5) is 0 Å². The van der Waals surface area contributed by atoms with Gasteiger partial charge in [0.15, 0.2) is 11.5 Å². The lowest BCUT2D eigenvalue weighted by molar-refractivity contribution is -0.117. The average molecular weight is 261 g/mol. The molecule has 2 rings (SSSR count). The molecule has 1 aromatic carbocycles. The van der Waals surface area contributed by atoms with Gasteiger partial charge < -0.3 is 14.8 Å². The number of fused-ring (bicyclic) bond motifs is 1. The number of hydrogen-bond donors (Lipinski definition) is 1. The first-order valence-corrected chi connectivity index (χ1v) is 6.61. The average Bonchev–Trinajstić information content (AvgIpc) is 2.89. The largest absolute Gasteiger partial charge is 0.454 e. The summed E-state index contributed by atoms with van der Waals surface area (Å²) in [7, 11) is 0. The fourth-order valence-corrected chi connectivity index (χ4v) is 1.93. The zero-order chi connectivity index (χ0) is 13.7. The molecule has 1 N–H and O–H groups in total. The Morgan fingerprint density at radius 2 is 2.05 bits per heavy atom. The number of carbonyl (C=O) groups is 1. The molecule has 4 heteroatoms. The predicted molar refractivity (Wildman–Crippen MR) is 74.1 cm³/mol. The van der Waals surface area contributed by atoms with E-state index in [-0.39, 0.29) is 18.7 Å². The van der Waals surface area contributed by atoms with E-state index >= 15 is 0 Å². The summed E-state index contributed by atoms with van der Waals surface area (Å²) in [6.07, 6.45) is 5.22. The van der Waals surface area contributed by atoms with Gasteiger partial charge in [0.05, 0.1) is 0 Å². The van der Waals surface area contributed by atoms with Gasteiger partial charge in [0.25, 0.3) is 0 Å². The molecule has 0 saturated carbocycles. The second kappa shape index (κ2) is 6.27. The van der Waals surface area contributed by atoms with Crippen molar-refractivity contribution in [3.8, 4) is 11.5 Å². The summed E-state index contributed by atoms with van der Waals surface area (Å²) in [5, 5.41) is 2.96. The van der Waals surface area contributed by atoms with Gasteiger partial charge in [-0.15, -0.1) is 0 Å². The number of ether oxygens (including phenoxy) is 2. The molecule has 1 aliphatic heterocycles. The lowest BCUT2D eigenvalue weighted by Gasteiger charge is -2.12. The van der Waals surface area contributed by atoms with Gasteiger partial charge in [0.2, 0.25) is 12.7 Å². The first kappa shape index (κ1) is 13.5. The first-order valence-electron chi connectivity index (χ1n) is 6.61. The van der Waals surface area contributed by atoms with E-state index in [9.17, 15) is 4.79 Å². The van der Waals surface area contributed by atoms with Crippen molar-refractivity contribution in [1.82, 2.24) is 5.32 Å². The van der Waals surface area contributed by atoms with Crippen molar-refractivity contribution in [1.29, 1.82) is 0 Å². The highest BCUT2D eigenvalue weighted by Gasteiger charge is 2.12. The smallest absolute Gasteiger partial charge is 0.244 e. The quantitative estimate of drug-likeness (QED) is 0.829. The second-order valence-electron chi connectivity index (χ2n) is 4.47. The van der Waals surface area contributed by atoms with Crippen LogP contribution in [0.1, 0.15) is 32.3 Å². The summed E-state index contributed by atoms with van der Waals surface area (Å²) < 4.78 is 10.5. The van der Waals surface area contributed by atoms with Crippen LogP contribution < -0.4 is 14.8 Å². The Kier molecular flexibility index (Phi) is 4.44. The van der Waals surface area contributed by atoms with Gasteiger partial charge in [-0.25, -0.2) is 0 Å². The summed E-state index contributed by atoms with van der Waals surface area (Å²) in [5.41, 5.74) is 0.920. The summed E-state index contributed by atoms with van der Waals surface area (Å²) in [6, 6.07) is 5.85. The summed E-state index contributed by atoms with van der Waals surface area (Å²) in [6.45, 7) is 4.39. The molecule has 0 aliphatic carbocycles. The van der Waals surface area contributed by atoms with Crippen molar-refractivity contribution in [3.63, 3.8) is 0 Å². The van der Waals surface area contributed by atoms with Crippen molar-refractivity contribution >= 4 is 12.0 Å². The van der Waals surface area contributed by atoms with Crippen LogP contribution >= 0.6 is 0 Å². The minimum atomic E-state index is -0.0635. The second-order valence-corrected chi connectivity index (χ2v) is 4.47. The Morgan fingerprint density at radius 1 is 1.32 bits per heavy atom. The van der Waals surface area contributed by atoms with Crippen molar-refractivity contribution in [2.75, 3.05) is 6.79 Å². The lowest BCUT2D eigenvalue weighted by Crippen LogP contribution is -2.32. The number of rotatable bonds is 5. The third-order valence-corrected chi connectivity index (χ3v) is 3.16. The SMILES string of the molecule is CCC(CC)NC(=O)C=Cc1ccc2c(c1)OCO2. The van der Waals surface area contributed by atoms with E-state index < -0.39 is 0 Å². The maximum absolute atomic E-state index is 11.7. The van der Waals surface area contributed by atoms with Crippen molar-refractivity contribution in [2.24, 2.45) is 0 Å². The monoisotopic (exact) mass is 261 g/mol. The molecule has 1 heterocycles. The van der Waals surface area contributed by atoms with Gasteiger partial charge in [0, 0.05) is 12.1 Å². The molecule has 4 nitrogen and oxygen atoms in total. The highest BCUT2D eigenvalue weighted by Crippen LogP contribution is 2.32. The van der Waals surface area contributed by atoms with Gasteiger partial charge >= 0.3 is 0 Å². The Labute approximate surface area is 113 Å². The van der Waals surface area contributed by atoms with Crippen LogP contribution in [0.15, 0.2) is 24.3 Å². The zero-order valence-electron chi connectivity index (χ0n) is 11.3. The summed E-state index contributed by atoms with van der Waals surface area (Å²) in [4.78, 5) is 11.7. The zero-order valence-corrected chi connectivity index (χ0v) is 11.3. The van der Waals surface area contributed by atoms with Crippen molar-refractivity contribution < 1.29 is 14.3 Å². The van der Waals surface area contributed by atoms with Crippen molar-refractivity contribution in [2.45, 2.75) is 32.7 Å². The van der Waals surface area contributed by atoms with E-state index in [1.54, 1.807) is 12.2 Å². The Balaban J connectivity index is 1.96. The molecule has 0 radical (unpaired) electrons. The minimum Gasteiger partial charge on any atom is -0.454 e. The number of benzene rings is 1. The first-order chi connectivity index (χ1) is 9.22. The third kappa shape index (κ3) is 3.50. The minimum absolute atomic E-state index is 0.0635. The molecule has 0 saturated heterocycles. The predicted octanol–water partition coefficient (Wildman–Crippen LogP) is 2.73. The van der Waals surface area contributed by atoms with E-state index in [0.717, 1.165) is 29.9 Å². The number of hydrogen-bond acceptors (Lipinski definition) is 3. The van der Waals surface area contributed by atoms with E-state index in [1.807, 2.05) is 18.2 Å². The molecule has 0 aromatic heterocycles. The normalized spacial score (nSPS) is 13.2.